The van der Waals surface area contributed by atoms with E-state index in [1.165, 1.54) is 11.1 Å². The Morgan fingerprint density at radius 2 is 2.33 bits per heavy atom. The van der Waals surface area contributed by atoms with Crippen molar-refractivity contribution in [3.63, 3.8) is 0 Å². The fraction of sp³-hybridized carbons (Fsp3) is 0.500. The highest BCUT2D eigenvalue weighted by atomic mass is 16.5. The van der Waals surface area contributed by atoms with Crippen molar-refractivity contribution in [1.29, 1.82) is 0 Å². The summed E-state index contributed by atoms with van der Waals surface area (Å²) < 4.78 is 5.83. The zero-order valence-electron chi connectivity index (χ0n) is 11.0. The van der Waals surface area contributed by atoms with E-state index < -0.39 is 0 Å². The topological polar surface area (TPSA) is 50.4 Å². The Bertz CT molecular complexity index is 432. The highest BCUT2D eigenvalue weighted by Crippen LogP contribution is 2.29. The third-order valence-electron chi connectivity index (χ3n) is 3.14. The van der Waals surface area contributed by atoms with Crippen molar-refractivity contribution >= 4 is 5.91 Å². The van der Waals surface area contributed by atoms with Gasteiger partial charge in [0.15, 0.2) is 0 Å². The maximum Gasteiger partial charge on any atom is 0.221 e. The molecule has 1 aromatic carbocycles. The molecule has 4 nitrogen and oxygen atoms in total. The third kappa shape index (κ3) is 3.23. The summed E-state index contributed by atoms with van der Waals surface area (Å²) in [4.78, 5) is 11.0. The van der Waals surface area contributed by atoms with Gasteiger partial charge in [-0.15, -0.1) is 0 Å². The first-order chi connectivity index (χ1) is 8.69. The highest BCUT2D eigenvalue weighted by molar-refractivity contribution is 5.75. The number of nitrogens with one attached hydrogen (secondary N) is 2. The van der Waals surface area contributed by atoms with E-state index in [4.69, 9.17) is 4.74 Å². The van der Waals surface area contributed by atoms with Crippen LogP contribution in [0.1, 0.15) is 17.5 Å². The van der Waals surface area contributed by atoms with E-state index in [1.807, 2.05) is 6.07 Å². The number of ether oxygens (including phenoxy) is 1. The van der Waals surface area contributed by atoms with Gasteiger partial charge in [-0.3, -0.25) is 4.79 Å². The Balaban J connectivity index is 1.73. The molecule has 0 bridgehead atoms. The molecule has 0 saturated heterocycles. The molecular formula is C14H20N2O2. The Morgan fingerprint density at radius 3 is 3.11 bits per heavy atom. The van der Waals surface area contributed by atoms with E-state index in [9.17, 15) is 4.79 Å². The first-order valence-corrected chi connectivity index (χ1v) is 6.36. The van der Waals surface area contributed by atoms with E-state index in [2.05, 4.69) is 29.7 Å². The van der Waals surface area contributed by atoms with Crippen molar-refractivity contribution < 1.29 is 9.53 Å². The van der Waals surface area contributed by atoms with Crippen molar-refractivity contribution in [1.82, 2.24) is 10.6 Å². The van der Waals surface area contributed by atoms with Gasteiger partial charge in [0.2, 0.25) is 5.91 Å². The van der Waals surface area contributed by atoms with Crippen LogP contribution in [0, 0.1) is 6.92 Å². The summed E-state index contributed by atoms with van der Waals surface area (Å²) in [6.07, 6.45) is 1.64. The summed E-state index contributed by atoms with van der Waals surface area (Å²) in [5, 5.41) is 5.86. The molecule has 0 fully saturated rings. The second-order valence-corrected chi connectivity index (χ2v) is 4.68. The summed E-state index contributed by atoms with van der Waals surface area (Å²) in [6, 6.07) is 6.29. The van der Waals surface area contributed by atoms with Gasteiger partial charge in [-0.25, -0.2) is 0 Å². The lowest BCUT2D eigenvalue weighted by Crippen LogP contribution is -2.32. The van der Waals surface area contributed by atoms with E-state index in [0.29, 0.717) is 13.0 Å². The predicted molar refractivity (Wildman–Crippen MR) is 70.9 cm³/mol. The number of rotatable bonds is 5. The van der Waals surface area contributed by atoms with Crippen molar-refractivity contribution in [2.45, 2.75) is 25.9 Å². The van der Waals surface area contributed by atoms with Gasteiger partial charge < -0.3 is 15.4 Å². The number of carbonyl (C=O) groups is 1. The van der Waals surface area contributed by atoms with E-state index in [1.54, 1.807) is 7.05 Å². The van der Waals surface area contributed by atoms with Crippen LogP contribution in [0.4, 0.5) is 0 Å². The zero-order valence-corrected chi connectivity index (χ0v) is 11.0. The Morgan fingerprint density at radius 1 is 1.50 bits per heavy atom. The molecule has 98 valence electrons. The number of hydrogen-bond donors (Lipinski definition) is 2. The fourth-order valence-corrected chi connectivity index (χ4v) is 2.15. The van der Waals surface area contributed by atoms with Gasteiger partial charge in [-0.1, -0.05) is 17.7 Å². The van der Waals surface area contributed by atoms with Crippen LogP contribution in [0.2, 0.25) is 0 Å². The minimum atomic E-state index is 0.0637. The third-order valence-corrected chi connectivity index (χ3v) is 3.14. The van der Waals surface area contributed by atoms with Crippen molar-refractivity contribution in [2.24, 2.45) is 0 Å². The molecule has 1 aromatic rings. The smallest absolute Gasteiger partial charge is 0.221 e. The number of aryl methyl sites for hydroxylation is 1. The number of carbonyl (C=O) groups excluding carboxylic acids is 1. The molecule has 1 aliphatic heterocycles. The highest BCUT2D eigenvalue weighted by Gasteiger charge is 2.22. The lowest BCUT2D eigenvalue weighted by Gasteiger charge is -2.11. The maximum absolute atomic E-state index is 11.0. The van der Waals surface area contributed by atoms with Crippen LogP contribution in [0.15, 0.2) is 18.2 Å². The average Bonchev–Trinajstić information content (AvgIpc) is 2.76. The molecule has 1 atom stereocenters. The molecule has 1 heterocycles. The average molecular weight is 248 g/mol. The van der Waals surface area contributed by atoms with Gasteiger partial charge >= 0.3 is 0 Å². The molecule has 0 aliphatic carbocycles. The first kappa shape index (κ1) is 12.9. The van der Waals surface area contributed by atoms with Crippen molar-refractivity contribution in [2.75, 3.05) is 20.1 Å². The van der Waals surface area contributed by atoms with Gasteiger partial charge in [0, 0.05) is 33.0 Å². The molecule has 0 saturated carbocycles. The Hall–Kier alpha value is -1.55. The number of hydrogen-bond acceptors (Lipinski definition) is 3. The van der Waals surface area contributed by atoms with Gasteiger partial charge in [0.05, 0.1) is 0 Å². The summed E-state index contributed by atoms with van der Waals surface area (Å²) in [7, 11) is 1.65. The standard InChI is InChI=1S/C14H20N2O2/c1-10-3-4-13-11(7-10)8-12(18-13)9-16-6-5-14(17)15-2/h3-4,7,12,16H,5-6,8-9H2,1-2H3,(H,15,17). The van der Waals surface area contributed by atoms with Gasteiger partial charge in [0.25, 0.3) is 0 Å². The summed E-state index contributed by atoms with van der Waals surface area (Å²) >= 11 is 0. The summed E-state index contributed by atoms with van der Waals surface area (Å²) in [6.45, 7) is 3.56. The van der Waals surface area contributed by atoms with Crippen LogP contribution < -0.4 is 15.4 Å². The SMILES string of the molecule is CNC(=O)CCNCC1Cc2cc(C)ccc2O1. The van der Waals surface area contributed by atoms with Gasteiger partial charge in [-0.05, 0) is 18.6 Å². The number of fused-ring (bicyclic) bond motifs is 1. The van der Waals surface area contributed by atoms with Gasteiger partial charge in [0.1, 0.15) is 11.9 Å². The lowest BCUT2D eigenvalue weighted by atomic mass is 10.1. The van der Waals surface area contributed by atoms with Crippen LogP contribution in [-0.2, 0) is 11.2 Å². The Kier molecular flexibility index (Phi) is 4.20. The molecule has 2 N–H and O–H groups in total. The quantitative estimate of drug-likeness (QED) is 0.765. The van der Waals surface area contributed by atoms with Crippen LogP contribution in [0.25, 0.3) is 0 Å². The molecule has 0 spiro atoms. The molecular weight excluding hydrogens is 228 g/mol. The second-order valence-electron chi connectivity index (χ2n) is 4.68. The zero-order chi connectivity index (χ0) is 13.0. The Labute approximate surface area is 108 Å². The monoisotopic (exact) mass is 248 g/mol. The maximum atomic E-state index is 11.0. The molecule has 0 aromatic heterocycles. The van der Waals surface area contributed by atoms with Crippen LogP contribution in [-0.4, -0.2) is 32.1 Å². The second kappa shape index (κ2) is 5.87. The molecule has 0 radical (unpaired) electrons. The fourth-order valence-electron chi connectivity index (χ4n) is 2.15. The van der Waals surface area contributed by atoms with E-state index in [0.717, 1.165) is 18.7 Å². The van der Waals surface area contributed by atoms with Gasteiger partial charge in [-0.2, -0.15) is 0 Å². The molecule has 1 unspecified atom stereocenters. The number of amides is 1. The minimum absolute atomic E-state index is 0.0637. The molecule has 4 heteroatoms. The van der Waals surface area contributed by atoms with Crippen LogP contribution in [0.3, 0.4) is 0 Å². The lowest BCUT2D eigenvalue weighted by molar-refractivity contribution is -0.120. The largest absolute Gasteiger partial charge is 0.488 e. The molecule has 1 aliphatic rings. The van der Waals surface area contributed by atoms with Crippen molar-refractivity contribution in [3.05, 3.63) is 29.3 Å². The van der Waals surface area contributed by atoms with Crippen LogP contribution in [0.5, 0.6) is 5.75 Å². The molecule has 18 heavy (non-hydrogen) atoms. The van der Waals surface area contributed by atoms with Crippen LogP contribution >= 0.6 is 0 Å². The predicted octanol–water partition coefficient (Wildman–Crippen LogP) is 1.02. The van der Waals surface area contributed by atoms with E-state index in [-0.39, 0.29) is 12.0 Å². The number of benzene rings is 1. The van der Waals surface area contributed by atoms with Crippen molar-refractivity contribution in [3.8, 4) is 5.75 Å². The molecule has 1 amide bonds. The minimum Gasteiger partial charge on any atom is -0.488 e. The normalized spacial score (nSPS) is 17.1. The summed E-state index contributed by atoms with van der Waals surface area (Å²) in [5.41, 5.74) is 2.55. The molecule has 2 rings (SSSR count). The van der Waals surface area contributed by atoms with E-state index >= 15 is 0 Å². The first-order valence-electron chi connectivity index (χ1n) is 6.36. The summed E-state index contributed by atoms with van der Waals surface area (Å²) in [5.74, 6) is 1.06.